The number of hydrogen-bond donors (Lipinski definition) is 1. The van der Waals surface area contributed by atoms with E-state index < -0.39 is 0 Å². The Hall–Kier alpha value is -3.10. The van der Waals surface area contributed by atoms with Gasteiger partial charge in [0.25, 0.3) is 17.1 Å². The topological polar surface area (TPSA) is 84.9 Å². The fourth-order valence-electron chi connectivity index (χ4n) is 2.76. The largest absolute Gasteiger partial charge is 0.484 e. The first-order chi connectivity index (χ1) is 14.5. The number of thioether (sulfide) groups is 1. The van der Waals surface area contributed by atoms with Crippen LogP contribution in [0, 0.1) is 6.92 Å². The van der Waals surface area contributed by atoms with Crippen molar-refractivity contribution in [3.8, 4) is 5.75 Å². The molecule has 1 saturated heterocycles. The summed E-state index contributed by atoms with van der Waals surface area (Å²) in [5.74, 6) is -0.0515. The van der Waals surface area contributed by atoms with Crippen LogP contribution in [0.3, 0.4) is 0 Å². The lowest BCUT2D eigenvalue weighted by Crippen LogP contribution is -2.31. The zero-order valence-corrected chi connectivity index (χ0v) is 17.5. The lowest BCUT2D eigenvalue weighted by atomic mass is 10.2. The van der Waals surface area contributed by atoms with Gasteiger partial charge in [-0.2, -0.15) is 0 Å². The van der Waals surface area contributed by atoms with Crippen LogP contribution in [0.5, 0.6) is 5.75 Å². The zero-order valence-electron chi connectivity index (χ0n) is 16.7. The van der Waals surface area contributed by atoms with Crippen LogP contribution in [-0.4, -0.2) is 48.8 Å². The van der Waals surface area contributed by atoms with E-state index in [1.54, 1.807) is 30.3 Å². The molecule has 30 heavy (non-hydrogen) atoms. The number of carbonyl (C=O) groups is 3. The molecule has 1 fully saturated rings. The first kappa shape index (κ1) is 21.6. The molecule has 7 nitrogen and oxygen atoms in total. The summed E-state index contributed by atoms with van der Waals surface area (Å²) >= 11 is 0.906. The van der Waals surface area contributed by atoms with Crippen LogP contribution in [0.15, 0.2) is 53.4 Å². The molecule has 3 amide bonds. The Kier molecular flexibility index (Phi) is 7.26. The average Bonchev–Trinajstić information content (AvgIpc) is 2.98. The van der Waals surface area contributed by atoms with Crippen LogP contribution < -0.4 is 10.1 Å². The third-order valence-electron chi connectivity index (χ3n) is 4.24. The Balaban J connectivity index is 1.55. The fourth-order valence-corrected chi connectivity index (χ4v) is 3.62. The number of nitrogens with zero attached hydrogens (tertiary/aromatic N) is 1. The van der Waals surface area contributed by atoms with E-state index in [2.05, 4.69) is 5.32 Å². The molecule has 3 rings (SSSR count). The highest BCUT2D eigenvalue weighted by Crippen LogP contribution is 2.32. The van der Waals surface area contributed by atoms with Crippen LogP contribution in [0.2, 0.25) is 0 Å². The van der Waals surface area contributed by atoms with E-state index >= 15 is 0 Å². The maximum Gasteiger partial charge on any atom is 0.293 e. The highest BCUT2D eigenvalue weighted by atomic mass is 32.2. The van der Waals surface area contributed by atoms with Crippen LogP contribution in [0.4, 0.5) is 10.5 Å². The number of anilines is 1. The highest BCUT2D eigenvalue weighted by molar-refractivity contribution is 8.18. The van der Waals surface area contributed by atoms with Gasteiger partial charge in [-0.25, -0.2) is 0 Å². The first-order valence-corrected chi connectivity index (χ1v) is 10.1. The van der Waals surface area contributed by atoms with E-state index in [-0.39, 0.29) is 30.2 Å². The summed E-state index contributed by atoms with van der Waals surface area (Å²) in [6.07, 6.45) is 1.66. The second kappa shape index (κ2) is 10.1. The molecule has 0 bridgehead atoms. The third-order valence-corrected chi connectivity index (χ3v) is 5.15. The van der Waals surface area contributed by atoms with Crippen molar-refractivity contribution < 1.29 is 23.9 Å². The van der Waals surface area contributed by atoms with Gasteiger partial charge >= 0.3 is 0 Å². The van der Waals surface area contributed by atoms with Gasteiger partial charge in [0.15, 0.2) is 6.61 Å². The number of nitrogens with one attached hydrogen (secondary N) is 1. The Morgan fingerprint density at radius 3 is 2.63 bits per heavy atom. The molecule has 156 valence electrons. The Morgan fingerprint density at radius 1 is 1.17 bits per heavy atom. The molecule has 1 aliphatic rings. The van der Waals surface area contributed by atoms with Gasteiger partial charge in [-0.05, 0) is 60.2 Å². The van der Waals surface area contributed by atoms with Crippen molar-refractivity contribution >= 4 is 40.6 Å². The van der Waals surface area contributed by atoms with Gasteiger partial charge in [-0.15, -0.1) is 0 Å². The fraction of sp³-hybridized carbons (Fsp3) is 0.227. The summed E-state index contributed by atoms with van der Waals surface area (Å²) < 4.78 is 10.4. The number of aryl methyl sites for hydroxylation is 1. The van der Waals surface area contributed by atoms with E-state index in [4.69, 9.17) is 9.47 Å². The van der Waals surface area contributed by atoms with Gasteiger partial charge in [-0.3, -0.25) is 19.3 Å². The second-order valence-corrected chi connectivity index (χ2v) is 7.59. The van der Waals surface area contributed by atoms with Crippen molar-refractivity contribution in [1.82, 2.24) is 4.90 Å². The number of amides is 3. The van der Waals surface area contributed by atoms with Crippen LogP contribution >= 0.6 is 11.8 Å². The number of methoxy groups -OCH3 is 1. The molecule has 0 radical (unpaired) electrons. The van der Waals surface area contributed by atoms with E-state index in [0.717, 1.165) is 28.6 Å². The maximum absolute atomic E-state index is 12.3. The summed E-state index contributed by atoms with van der Waals surface area (Å²) in [6, 6.07) is 14.5. The summed E-state index contributed by atoms with van der Waals surface area (Å²) in [5, 5.41) is 2.48. The van der Waals surface area contributed by atoms with Gasteiger partial charge in [0, 0.05) is 12.8 Å². The normalized spacial score (nSPS) is 15.0. The molecule has 0 aromatic heterocycles. The molecule has 0 aliphatic carbocycles. The van der Waals surface area contributed by atoms with E-state index in [9.17, 15) is 14.4 Å². The Bertz CT molecular complexity index is 972. The molecule has 0 unspecified atom stereocenters. The molecule has 2 aromatic rings. The lowest BCUT2D eigenvalue weighted by Gasteiger charge is -2.10. The first-order valence-electron chi connectivity index (χ1n) is 9.30. The summed E-state index contributed by atoms with van der Waals surface area (Å²) in [4.78, 5) is 37.9. The summed E-state index contributed by atoms with van der Waals surface area (Å²) in [5.41, 5.74) is 2.53. The van der Waals surface area contributed by atoms with Crippen LogP contribution in [-0.2, 0) is 14.3 Å². The van der Waals surface area contributed by atoms with Gasteiger partial charge in [0.2, 0.25) is 0 Å². The van der Waals surface area contributed by atoms with Gasteiger partial charge in [0.1, 0.15) is 5.75 Å². The molecule has 1 aliphatic heterocycles. The van der Waals surface area contributed by atoms with Gasteiger partial charge < -0.3 is 14.8 Å². The SMILES string of the molecule is COCCN1C(=O)S/C(=C/c2ccc(OCC(=O)Nc3cccc(C)c3)cc2)C1=O. The average molecular weight is 426 g/mol. The number of imide groups is 1. The number of ether oxygens (including phenoxy) is 2. The third kappa shape index (κ3) is 5.71. The van der Waals surface area contributed by atoms with Gasteiger partial charge in [-0.1, -0.05) is 24.3 Å². The number of rotatable bonds is 8. The molecular formula is C22H22N2O5S. The van der Waals surface area contributed by atoms with Crippen molar-refractivity contribution in [1.29, 1.82) is 0 Å². The maximum atomic E-state index is 12.3. The van der Waals surface area contributed by atoms with Crippen molar-refractivity contribution in [3.63, 3.8) is 0 Å². The van der Waals surface area contributed by atoms with Gasteiger partial charge in [0.05, 0.1) is 18.1 Å². The van der Waals surface area contributed by atoms with E-state index in [0.29, 0.717) is 17.3 Å². The standard InChI is InChI=1S/C22H22N2O5S/c1-15-4-3-5-17(12-15)23-20(25)14-29-18-8-6-16(7-9-18)13-19-21(26)24(10-11-28-2)22(27)30-19/h3-9,12-13H,10-11,14H2,1-2H3,(H,23,25)/b19-13+. The summed E-state index contributed by atoms with van der Waals surface area (Å²) in [6.45, 7) is 2.37. The van der Waals surface area contributed by atoms with Crippen molar-refractivity contribution in [2.24, 2.45) is 0 Å². The number of benzene rings is 2. The van der Waals surface area contributed by atoms with E-state index in [1.165, 1.54) is 12.0 Å². The van der Waals surface area contributed by atoms with E-state index in [1.807, 2.05) is 31.2 Å². The molecule has 0 atom stereocenters. The minimum atomic E-state index is -0.324. The van der Waals surface area contributed by atoms with Crippen molar-refractivity contribution in [2.75, 3.05) is 32.2 Å². The molecular weight excluding hydrogens is 404 g/mol. The number of hydrogen-bond acceptors (Lipinski definition) is 6. The Labute approximate surface area is 179 Å². The minimum absolute atomic E-state index is 0.119. The molecule has 8 heteroatoms. The summed E-state index contributed by atoms with van der Waals surface area (Å²) in [7, 11) is 1.52. The highest BCUT2D eigenvalue weighted by Gasteiger charge is 2.34. The predicted octanol–water partition coefficient (Wildman–Crippen LogP) is 3.70. The monoisotopic (exact) mass is 426 g/mol. The minimum Gasteiger partial charge on any atom is -0.484 e. The smallest absolute Gasteiger partial charge is 0.293 e. The van der Waals surface area contributed by atoms with Crippen molar-refractivity contribution in [2.45, 2.75) is 6.92 Å². The second-order valence-electron chi connectivity index (χ2n) is 6.60. The number of carbonyl (C=O) groups excluding carboxylic acids is 3. The van der Waals surface area contributed by atoms with Crippen LogP contribution in [0.25, 0.3) is 6.08 Å². The molecule has 1 heterocycles. The molecule has 0 spiro atoms. The zero-order chi connectivity index (χ0) is 21.5. The van der Waals surface area contributed by atoms with Crippen molar-refractivity contribution in [3.05, 3.63) is 64.6 Å². The quantitative estimate of drug-likeness (QED) is 0.648. The molecule has 0 saturated carbocycles. The molecule has 2 aromatic carbocycles. The Morgan fingerprint density at radius 2 is 1.93 bits per heavy atom. The predicted molar refractivity (Wildman–Crippen MR) is 116 cm³/mol. The lowest BCUT2D eigenvalue weighted by molar-refractivity contribution is -0.123. The molecule has 1 N–H and O–H groups in total. The van der Waals surface area contributed by atoms with Crippen LogP contribution in [0.1, 0.15) is 11.1 Å².